The fourth-order valence-electron chi connectivity index (χ4n) is 4.90. The molecule has 0 amide bonds. The summed E-state index contributed by atoms with van der Waals surface area (Å²) >= 11 is 0. The lowest BCUT2D eigenvalue weighted by atomic mass is 9.93. The standard InChI is InChI=1S/C23H25N3O/c1-25-18-11-6-5-10-17(18)14-20(25)23-19-12-7-13-22(24-23)26(19)21(15-27)16-8-3-2-4-9-16/h2-6,8-11,14,19,21-22,27H,7,12-13,15H2,1H3/t19-,21-,22+/m0/s1. The quantitative estimate of drug-likeness (QED) is 0.768. The Morgan fingerprint density at radius 2 is 1.85 bits per heavy atom. The molecule has 2 aromatic carbocycles. The molecule has 2 bridgehead atoms. The van der Waals surface area contributed by atoms with Crippen LogP contribution in [0.2, 0.25) is 0 Å². The fourth-order valence-corrected chi connectivity index (χ4v) is 4.90. The lowest BCUT2D eigenvalue weighted by Crippen LogP contribution is -2.47. The molecule has 3 atom stereocenters. The lowest BCUT2D eigenvalue weighted by molar-refractivity contribution is 0.0532. The summed E-state index contributed by atoms with van der Waals surface area (Å²) in [7, 11) is 2.13. The van der Waals surface area contributed by atoms with Crippen LogP contribution in [0, 0.1) is 0 Å². The summed E-state index contributed by atoms with van der Waals surface area (Å²) in [5, 5.41) is 11.5. The molecule has 1 aromatic heterocycles. The van der Waals surface area contributed by atoms with Gasteiger partial charge in [-0.3, -0.25) is 9.89 Å². The van der Waals surface area contributed by atoms with Crippen molar-refractivity contribution in [1.29, 1.82) is 0 Å². The summed E-state index contributed by atoms with van der Waals surface area (Å²) in [6.07, 6.45) is 3.51. The average molecular weight is 359 g/mol. The van der Waals surface area contributed by atoms with Crippen LogP contribution in [0.5, 0.6) is 0 Å². The normalized spacial score (nSPS) is 23.6. The number of aliphatic imine (C=N–C) groups is 1. The molecule has 5 rings (SSSR count). The first-order valence-corrected chi connectivity index (χ1v) is 9.83. The molecule has 0 spiro atoms. The van der Waals surface area contributed by atoms with Crippen LogP contribution in [0.4, 0.5) is 0 Å². The Bertz CT molecular complexity index is 991. The first-order valence-electron chi connectivity index (χ1n) is 9.83. The molecule has 1 fully saturated rings. The monoisotopic (exact) mass is 359 g/mol. The summed E-state index contributed by atoms with van der Waals surface area (Å²) in [5.74, 6) is 0. The second kappa shape index (κ2) is 6.63. The number of benzene rings is 2. The lowest BCUT2D eigenvalue weighted by Gasteiger charge is -2.39. The molecule has 2 aliphatic rings. The highest BCUT2D eigenvalue weighted by atomic mass is 16.3. The Kier molecular flexibility index (Phi) is 4.10. The second-order valence-electron chi connectivity index (χ2n) is 7.65. The molecule has 0 aliphatic carbocycles. The van der Waals surface area contributed by atoms with E-state index in [9.17, 15) is 5.11 Å². The van der Waals surface area contributed by atoms with Gasteiger partial charge in [0.05, 0.1) is 30.1 Å². The maximum absolute atomic E-state index is 10.2. The number of hydrogen-bond donors (Lipinski definition) is 1. The Hall–Kier alpha value is -2.43. The van der Waals surface area contributed by atoms with Gasteiger partial charge in [0.25, 0.3) is 0 Å². The van der Waals surface area contributed by atoms with Gasteiger partial charge in [0.15, 0.2) is 0 Å². The van der Waals surface area contributed by atoms with E-state index in [0.717, 1.165) is 12.8 Å². The Morgan fingerprint density at radius 3 is 2.63 bits per heavy atom. The van der Waals surface area contributed by atoms with Crippen LogP contribution < -0.4 is 0 Å². The van der Waals surface area contributed by atoms with E-state index in [4.69, 9.17) is 4.99 Å². The number of nitrogens with zero attached hydrogens (tertiary/aromatic N) is 3. The molecule has 0 radical (unpaired) electrons. The molecule has 0 unspecified atom stereocenters. The van der Waals surface area contributed by atoms with Crippen LogP contribution in [-0.4, -0.2) is 39.1 Å². The largest absolute Gasteiger partial charge is 0.394 e. The topological polar surface area (TPSA) is 40.8 Å². The number of aliphatic hydroxyl groups excluding tert-OH is 1. The fraction of sp³-hybridized carbons (Fsp3) is 0.348. The van der Waals surface area contributed by atoms with Crippen molar-refractivity contribution in [1.82, 2.24) is 9.47 Å². The predicted molar refractivity (Wildman–Crippen MR) is 109 cm³/mol. The molecule has 1 N–H and O–H groups in total. The van der Waals surface area contributed by atoms with Crippen molar-refractivity contribution in [3.63, 3.8) is 0 Å². The van der Waals surface area contributed by atoms with Gasteiger partial charge in [0.1, 0.15) is 6.17 Å². The van der Waals surface area contributed by atoms with E-state index in [1.165, 1.54) is 34.3 Å². The molecule has 1 saturated heterocycles. The zero-order valence-electron chi connectivity index (χ0n) is 15.6. The molecule has 27 heavy (non-hydrogen) atoms. The van der Waals surface area contributed by atoms with Gasteiger partial charge in [-0.1, -0.05) is 48.5 Å². The van der Waals surface area contributed by atoms with Crippen molar-refractivity contribution in [2.24, 2.45) is 12.0 Å². The van der Waals surface area contributed by atoms with E-state index >= 15 is 0 Å². The van der Waals surface area contributed by atoms with Gasteiger partial charge >= 0.3 is 0 Å². The van der Waals surface area contributed by atoms with Gasteiger partial charge < -0.3 is 9.67 Å². The molecule has 3 heterocycles. The summed E-state index contributed by atoms with van der Waals surface area (Å²) in [5.41, 5.74) is 4.81. The van der Waals surface area contributed by atoms with Crippen molar-refractivity contribution < 1.29 is 5.11 Å². The van der Waals surface area contributed by atoms with E-state index in [1.54, 1.807) is 0 Å². The molecular weight excluding hydrogens is 334 g/mol. The molecular formula is C23H25N3O. The van der Waals surface area contributed by atoms with Crippen LogP contribution in [0.25, 0.3) is 10.9 Å². The second-order valence-corrected chi connectivity index (χ2v) is 7.65. The minimum atomic E-state index is -0.00238. The molecule has 138 valence electrons. The van der Waals surface area contributed by atoms with E-state index in [-0.39, 0.29) is 24.9 Å². The molecule has 3 aromatic rings. The van der Waals surface area contributed by atoms with Crippen molar-refractivity contribution in [2.45, 2.75) is 37.5 Å². The summed E-state index contributed by atoms with van der Waals surface area (Å²) in [6, 6.07) is 21.4. The van der Waals surface area contributed by atoms with E-state index < -0.39 is 0 Å². The highest BCUT2D eigenvalue weighted by Crippen LogP contribution is 2.39. The van der Waals surface area contributed by atoms with E-state index in [0.29, 0.717) is 0 Å². The Morgan fingerprint density at radius 1 is 1.07 bits per heavy atom. The van der Waals surface area contributed by atoms with Crippen LogP contribution in [0.15, 0.2) is 65.7 Å². The van der Waals surface area contributed by atoms with E-state index in [2.05, 4.69) is 71.1 Å². The summed E-state index contributed by atoms with van der Waals surface area (Å²) < 4.78 is 2.27. The zero-order chi connectivity index (χ0) is 18.4. The highest BCUT2D eigenvalue weighted by Gasteiger charge is 2.44. The molecule has 0 saturated carbocycles. The minimum Gasteiger partial charge on any atom is -0.394 e. The van der Waals surface area contributed by atoms with Crippen LogP contribution in [0.1, 0.15) is 36.6 Å². The smallest absolute Gasteiger partial charge is 0.103 e. The van der Waals surface area contributed by atoms with E-state index in [1.807, 2.05) is 6.07 Å². The number of aliphatic hydroxyl groups is 1. The number of fused-ring (bicyclic) bond motifs is 3. The number of piperidine rings is 1. The van der Waals surface area contributed by atoms with Crippen molar-refractivity contribution in [2.75, 3.05) is 6.61 Å². The zero-order valence-corrected chi connectivity index (χ0v) is 15.6. The number of aryl methyl sites for hydroxylation is 1. The third-order valence-electron chi connectivity index (χ3n) is 6.18. The van der Waals surface area contributed by atoms with Gasteiger partial charge in [-0.05, 0) is 37.0 Å². The van der Waals surface area contributed by atoms with Crippen molar-refractivity contribution in [3.8, 4) is 0 Å². The number of rotatable bonds is 4. The van der Waals surface area contributed by atoms with Gasteiger partial charge in [-0.15, -0.1) is 0 Å². The first-order chi connectivity index (χ1) is 13.3. The molecule has 4 nitrogen and oxygen atoms in total. The third kappa shape index (κ3) is 2.63. The predicted octanol–water partition coefficient (Wildman–Crippen LogP) is 3.90. The van der Waals surface area contributed by atoms with Gasteiger partial charge in [0.2, 0.25) is 0 Å². The molecule has 4 heteroatoms. The van der Waals surface area contributed by atoms with Crippen molar-refractivity contribution >= 4 is 16.6 Å². The van der Waals surface area contributed by atoms with Crippen LogP contribution >= 0.6 is 0 Å². The maximum Gasteiger partial charge on any atom is 0.103 e. The van der Waals surface area contributed by atoms with Gasteiger partial charge in [-0.2, -0.15) is 0 Å². The minimum absolute atomic E-state index is 0.00238. The number of para-hydroxylation sites is 1. The summed E-state index contributed by atoms with van der Waals surface area (Å²) in [6.45, 7) is 0.120. The number of hydrogen-bond acceptors (Lipinski definition) is 3. The molecule has 2 aliphatic heterocycles. The number of aromatic nitrogens is 1. The first kappa shape index (κ1) is 16.7. The SMILES string of the molecule is Cn1c(C2=N[C@H]3CCC[C@@H]2N3[C@@H](CO)c2ccccc2)cc2ccccc21. The van der Waals surface area contributed by atoms with Crippen molar-refractivity contribution in [3.05, 3.63) is 71.9 Å². The third-order valence-corrected chi connectivity index (χ3v) is 6.18. The Labute approximate surface area is 159 Å². The Balaban J connectivity index is 1.56. The van der Waals surface area contributed by atoms with Gasteiger partial charge in [0, 0.05) is 18.0 Å². The average Bonchev–Trinajstić information content (AvgIpc) is 3.14. The van der Waals surface area contributed by atoms with Crippen LogP contribution in [-0.2, 0) is 7.05 Å². The maximum atomic E-state index is 10.2. The highest BCUT2D eigenvalue weighted by molar-refractivity contribution is 6.07. The van der Waals surface area contributed by atoms with Gasteiger partial charge in [-0.25, -0.2) is 0 Å². The summed E-state index contributed by atoms with van der Waals surface area (Å²) in [4.78, 5) is 7.61. The van der Waals surface area contributed by atoms with Crippen LogP contribution in [0.3, 0.4) is 0 Å².